The first kappa shape index (κ1) is 33.7. The molecule has 3 aliphatic rings. The summed E-state index contributed by atoms with van der Waals surface area (Å²) in [5.41, 5.74) is 4.39. The van der Waals surface area contributed by atoms with Gasteiger partial charge in [0.25, 0.3) is 11.8 Å². The van der Waals surface area contributed by atoms with Crippen molar-refractivity contribution < 1.29 is 28.8 Å². The second-order valence-electron chi connectivity index (χ2n) is 13.5. The van der Waals surface area contributed by atoms with Crippen molar-refractivity contribution in [2.24, 2.45) is 39.3 Å². The Kier molecular flexibility index (Phi) is 10.3. The van der Waals surface area contributed by atoms with Crippen molar-refractivity contribution in [3.63, 3.8) is 0 Å². The summed E-state index contributed by atoms with van der Waals surface area (Å²) in [6.07, 6.45) is 7.52. The second kappa shape index (κ2) is 13.2. The predicted molar refractivity (Wildman–Crippen MR) is 161 cm³/mol. The minimum atomic E-state index is -1.11. The van der Waals surface area contributed by atoms with Gasteiger partial charge in [-0.25, -0.2) is 0 Å². The van der Waals surface area contributed by atoms with E-state index in [0.29, 0.717) is 13.0 Å². The Bertz CT molecular complexity index is 1230. The lowest BCUT2D eigenvalue weighted by Gasteiger charge is -2.38. The number of amides is 5. The van der Waals surface area contributed by atoms with Gasteiger partial charge in [0.1, 0.15) is 17.8 Å². The minimum Gasteiger partial charge on any atom is -0.363 e. The molecule has 1 saturated heterocycles. The first-order chi connectivity index (χ1) is 20.0. The molecule has 5 amide bonds. The fourth-order valence-electron chi connectivity index (χ4n) is 6.17. The first-order valence-electron chi connectivity index (χ1n) is 14.9. The zero-order valence-corrected chi connectivity index (χ0v) is 26.1. The van der Waals surface area contributed by atoms with E-state index >= 15 is 0 Å². The van der Waals surface area contributed by atoms with Crippen LogP contribution in [0.5, 0.6) is 0 Å². The van der Waals surface area contributed by atoms with E-state index in [2.05, 4.69) is 27.5 Å². The van der Waals surface area contributed by atoms with Crippen molar-refractivity contribution >= 4 is 41.0 Å². The lowest BCUT2D eigenvalue weighted by molar-refractivity contribution is -0.146. The topological polar surface area (TPSA) is 180 Å². The molecule has 5 N–H and O–H groups in total. The van der Waals surface area contributed by atoms with Gasteiger partial charge in [-0.15, -0.1) is 0 Å². The standard InChI is InChI=1S/C31H46N6O6/c1-8-13-33-19(9-2)27(41)34-15-21(38)36-25(30(3,4)5)29(43)37-16-18-22(31(18,6)7)23(37)28(42)35-20(24(39)26(32)40)14-17-11-10-12-17/h8-9,13,17-18,20,22-23,25H,2,10-12,14-16H2,1,3-7H3,(H2,32,40)(H,34,41)(H,35,42)(H,36,38)/b13-8-,33-19+/t18-,20?,22-,23-,25+/m0/s1. The van der Waals surface area contributed by atoms with E-state index in [4.69, 9.17) is 5.73 Å². The van der Waals surface area contributed by atoms with Crippen molar-refractivity contribution in [2.45, 2.75) is 85.4 Å². The molecule has 12 nitrogen and oxygen atoms in total. The van der Waals surface area contributed by atoms with Crippen LogP contribution in [0.15, 0.2) is 29.9 Å². The summed E-state index contributed by atoms with van der Waals surface area (Å²) in [6, 6.07) is -2.94. The summed E-state index contributed by atoms with van der Waals surface area (Å²) in [5.74, 6) is -3.94. The highest BCUT2D eigenvalue weighted by Crippen LogP contribution is 2.65. The smallest absolute Gasteiger partial charge is 0.287 e. The molecule has 236 valence electrons. The lowest BCUT2D eigenvalue weighted by atomic mass is 9.80. The lowest BCUT2D eigenvalue weighted by Crippen LogP contribution is -2.61. The van der Waals surface area contributed by atoms with Gasteiger partial charge in [0.15, 0.2) is 0 Å². The molecule has 5 atom stereocenters. The zero-order valence-electron chi connectivity index (χ0n) is 26.1. The monoisotopic (exact) mass is 598 g/mol. The van der Waals surface area contributed by atoms with E-state index in [0.717, 1.165) is 19.3 Å². The predicted octanol–water partition coefficient (Wildman–Crippen LogP) is 1.01. The van der Waals surface area contributed by atoms with Crippen molar-refractivity contribution in [1.29, 1.82) is 0 Å². The third-order valence-electron chi connectivity index (χ3n) is 9.05. The van der Waals surface area contributed by atoms with Crippen LogP contribution in [0.25, 0.3) is 0 Å². The van der Waals surface area contributed by atoms with Gasteiger partial charge < -0.3 is 26.6 Å². The number of carbonyl (C=O) groups is 6. The molecular formula is C31H46N6O6. The van der Waals surface area contributed by atoms with Gasteiger partial charge in [-0.1, -0.05) is 66.5 Å². The molecule has 1 aliphatic heterocycles. The molecule has 0 radical (unpaired) electrons. The average Bonchev–Trinajstić information content (AvgIpc) is 3.22. The number of nitrogens with one attached hydrogen (secondary N) is 3. The van der Waals surface area contributed by atoms with Crippen LogP contribution in [0, 0.1) is 28.6 Å². The molecule has 1 unspecified atom stereocenters. The number of fused-ring (bicyclic) bond motifs is 1. The van der Waals surface area contributed by atoms with Crippen LogP contribution >= 0.6 is 0 Å². The Labute approximate surface area is 253 Å². The summed E-state index contributed by atoms with van der Waals surface area (Å²) in [6.45, 7) is 14.7. The van der Waals surface area contributed by atoms with Crippen LogP contribution in [0.4, 0.5) is 0 Å². The van der Waals surface area contributed by atoms with Gasteiger partial charge in [0.2, 0.25) is 23.5 Å². The Balaban J connectivity index is 1.77. The Morgan fingerprint density at radius 3 is 2.28 bits per heavy atom. The summed E-state index contributed by atoms with van der Waals surface area (Å²) in [5, 5.41) is 7.98. The highest BCUT2D eigenvalue weighted by Gasteiger charge is 2.70. The van der Waals surface area contributed by atoms with Crippen LogP contribution in [0.3, 0.4) is 0 Å². The summed E-state index contributed by atoms with van der Waals surface area (Å²) >= 11 is 0. The number of ketones is 1. The zero-order chi connectivity index (χ0) is 32.3. The van der Waals surface area contributed by atoms with E-state index < -0.39 is 65.4 Å². The van der Waals surface area contributed by atoms with Gasteiger partial charge in [-0.3, -0.25) is 33.8 Å². The van der Waals surface area contributed by atoms with E-state index in [1.165, 1.54) is 17.2 Å². The number of hydrogen-bond donors (Lipinski definition) is 4. The molecule has 1 heterocycles. The first-order valence-corrected chi connectivity index (χ1v) is 14.9. The average molecular weight is 599 g/mol. The number of nitrogens with zero attached hydrogens (tertiary/aromatic N) is 2. The van der Waals surface area contributed by atoms with E-state index in [1.54, 1.807) is 33.8 Å². The largest absolute Gasteiger partial charge is 0.363 e. The molecule has 0 bridgehead atoms. The van der Waals surface area contributed by atoms with E-state index in [-0.39, 0.29) is 28.9 Å². The normalized spacial score (nSPS) is 24.3. The number of primary amides is 1. The fraction of sp³-hybridized carbons (Fsp3) is 0.645. The molecule has 0 aromatic heterocycles. The van der Waals surface area contributed by atoms with Crippen molar-refractivity contribution in [1.82, 2.24) is 20.9 Å². The van der Waals surface area contributed by atoms with Crippen LogP contribution in [-0.2, 0) is 28.8 Å². The maximum atomic E-state index is 14.1. The molecule has 2 saturated carbocycles. The third kappa shape index (κ3) is 7.58. The maximum absolute atomic E-state index is 14.1. The number of allylic oxidation sites excluding steroid dienone is 1. The van der Waals surface area contributed by atoms with Crippen molar-refractivity contribution in [2.75, 3.05) is 13.1 Å². The SMILES string of the molecule is C=C/C(=N\C=C/C)C(=O)NCC(=O)N[C@H](C(=O)N1C[C@H]2[C@@H]([C@H]1C(=O)NC(CC1CCC1)C(=O)C(N)=O)C2(C)C)C(C)(C)C. The maximum Gasteiger partial charge on any atom is 0.287 e. The van der Waals surface area contributed by atoms with Crippen LogP contribution in [0.2, 0.25) is 0 Å². The number of nitrogens with two attached hydrogens (primary N) is 1. The summed E-state index contributed by atoms with van der Waals surface area (Å²) < 4.78 is 0. The molecule has 0 aromatic carbocycles. The summed E-state index contributed by atoms with van der Waals surface area (Å²) in [7, 11) is 0. The Hall–Kier alpha value is -3.83. The van der Waals surface area contributed by atoms with Gasteiger partial charge in [-0.05, 0) is 48.0 Å². The van der Waals surface area contributed by atoms with E-state index in [1.807, 2.05) is 13.8 Å². The van der Waals surface area contributed by atoms with Gasteiger partial charge in [0, 0.05) is 12.7 Å². The minimum absolute atomic E-state index is 0.0348. The number of hydrogen-bond acceptors (Lipinski definition) is 7. The van der Waals surface area contributed by atoms with Gasteiger partial charge in [-0.2, -0.15) is 0 Å². The Morgan fingerprint density at radius 1 is 1.12 bits per heavy atom. The van der Waals surface area contributed by atoms with E-state index in [9.17, 15) is 28.8 Å². The molecule has 43 heavy (non-hydrogen) atoms. The Morgan fingerprint density at radius 2 is 1.77 bits per heavy atom. The van der Waals surface area contributed by atoms with Gasteiger partial charge in [0.05, 0.1) is 12.6 Å². The molecule has 3 fully saturated rings. The number of likely N-dealkylation sites (tertiary alicyclic amines) is 1. The fourth-order valence-corrected chi connectivity index (χ4v) is 6.17. The molecule has 0 spiro atoms. The number of Topliss-reactive ketones (excluding diaryl/α,β-unsaturated/α-hetero) is 1. The molecule has 0 aromatic rings. The van der Waals surface area contributed by atoms with Gasteiger partial charge >= 0.3 is 0 Å². The molecule has 2 aliphatic carbocycles. The molecule has 12 heteroatoms. The highest BCUT2D eigenvalue weighted by molar-refractivity contribution is 6.43. The van der Waals surface area contributed by atoms with Crippen molar-refractivity contribution in [3.8, 4) is 0 Å². The van der Waals surface area contributed by atoms with Crippen LogP contribution in [-0.4, -0.2) is 77.1 Å². The second-order valence-corrected chi connectivity index (χ2v) is 13.5. The third-order valence-corrected chi connectivity index (χ3v) is 9.05. The molecular weight excluding hydrogens is 552 g/mol. The number of rotatable bonds is 13. The van der Waals surface area contributed by atoms with Crippen LogP contribution in [0.1, 0.15) is 67.2 Å². The number of carbonyl (C=O) groups excluding carboxylic acids is 6. The quantitative estimate of drug-likeness (QED) is 0.181. The molecule has 3 rings (SSSR count). The van der Waals surface area contributed by atoms with Crippen molar-refractivity contribution in [3.05, 3.63) is 24.9 Å². The summed E-state index contributed by atoms with van der Waals surface area (Å²) in [4.78, 5) is 83.0. The number of piperidine rings is 1. The highest BCUT2D eigenvalue weighted by atomic mass is 16.2. The van der Waals surface area contributed by atoms with Crippen LogP contribution < -0.4 is 21.7 Å². The number of aliphatic imine (C=N–C) groups is 1.